The van der Waals surface area contributed by atoms with Gasteiger partial charge in [-0.3, -0.25) is 4.79 Å². The number of thioether (sulfide) groups is 1. The van der Waals surface area contributed by atoms with Gasteiger partial charge in [-0.25, -0.2) is 4.79 Å². The van der Waals surface area contributed by atoms with Crippen LogP contribution in [0.25, 0.3) is 10.9 Å². The molecule has 5 nitrogen and oxygen atoms in total. The Morgan fingerprint density at radius 1 is 1.08 bits per heavy atom. The van der Waals surface area contributed by atoms with E-state index in [0.717, 1.165) is 15.8 Å². The highest BCUT2D eigenvalue weighted by Crippen LogP contribution is 2.28. The van der Waals surface area contributed by atoms with Crippen LogP contribution in [0.5, 0.6) is 0 Å². The molecule has 0 saturated carbocycles. The summed E-state index contributed by atoms with van der Waals surface area (Å²) in [6, 6.07) is 17.1. The van der Waals surface area contributed by atoms with E-state index in [0.29, 0.717) is 5.69 Å². The number of hydrogen-bond donors (Lipinski definition) is 2. The van der Waals surface area contributed by atoms with Gasteiger partial charge in [-0.2, -0.15) is 0 Å². The van der Waals surface area contributed by atoms with Crippen LogP contribution in [-0.2, 0) is 9.53 Å². The molecule has 0 bridgehead atoms. The third-order valence-electron chi connectivity index (χ3n) is 3.56. The van der Waals surface area contributed by atoms with Crippen molar-refractivity contribution < 1.29 is 14.3 Å². The fraction of sp³-hybridized carbons (Fsp3) is 0.158. The molecule has 0 unspecified atom stereocenters. The van der Waals surface area contributed by atoms with Crippen molar-refractivity contribution in [3.8, 4) is 0 Å². The van der Waals surface area contributed by atoms with Crippen molar-refractivity contribution in [3.63, 3.8) is 0 Å². The number of aromatic nitrogens is 1. The first-order chi connectivity index (χ1) is 12.2. The fourth-order valence-corrected chi connectivity index (χ4v) is 3.19. The van der Waals surface area contributed by atoms with Crippen LogP contribution in [0.15, 0.2) is 59.5 Å². The number of H-pyrrole nitrogens is 1. The van der Waals surface area contributed by atoms with Gasteiger partial charge in [-0.15, -0.1) is 11.8 Å². The Kier molecular flexibility index (Phi) is 5.40. The number of nitrogens with one attached hydrogen (secondary N) is 2. The number of esters is 1. The fourth-order valence-electron chi connectivity index (χ4n) is 2.47. The molecule has 1 amide bonds. The quantitative estimate of drug-likeness (QED) is 0.517. The number of amides is 1. The molecule has 1 heterocycles. The Balaban J connectivity index is 1.80. The summed E-state index contributed by atoms with van der Waals surface area (Å²) in [6.45, 7) is 2.01. The van der Waals surface area contributed by atoms with E-state index < -0.39 is 5.97 Å². The number of para-hydroxylation sites is 1. The molecule has 1 aromatic heterocycles. The third kappa shape index (κ3) is 4.03. The van der Waals surface area contributed by atoms with Crippen molar-refractivity contribution in [2.75, 3.05) is 17.7 Å². The molecule has 0 radical (unpaired) electrons. The van der Waals surface area contributed by atoms with Crippen LogP contribution in [0, 0.1) is 0 Å². The lowest BCUT2D eigenvalue weighted by molar-refractivity contribution is -0.113. The van der Waals surface area contributed by atoms with Gasteiger partial charge in [0, 0.05) is 15.8 Å². The first kappa shape index (κ1) is 17.1. The van der Waals surface area contributed by atoms with Crippen molar-refractivity contribution in [3.05, 3.63) is 60.3 Å². The van der Waals surface area contributed by atoms with E-state index in [9.17, 15) is 9.59 Å². The van der Waals surface area contributed by atoms with E-state index in [1.165, 1.54) is 11.8 Å². The highest BCUT2D eigenvalue weighted by molar-refractivity contribution is 8.00. The lowest BCUT2D eigenvalue weighted by Gasteiger charge is -2.07. The van der Waals surface area contributed by atoms with Crippen LogP contribution in [0.2, 0.25) is 0 Å². The highest BCUT2D eigenvalue weighted by Gasteiger charge is 2.20. The summed E-state index contributed by atoms with van der Waals surface area (Å²) in [5.41, 5.74) is 1.50. The minimum Gasteiger partial charge on any atom is -0.461 e. The number of carbonyl (C=O) groups excluding carboxylic acids is 2. The molecule has 2 aromatic carbocycles. The van der Waals surface area contributed by atoms with Gasteiger partial charge in [0.1, 0.15) is 5.69 Å². The van der Waals surface area contributed by atoms with Gasteiger partial charge in [0.05, 0.1) is 18.0 Å². The Hall–Kier alpha value is -2.73. The van der Waals surface area contributed by atoms with Crippen molar-refractivity contribution >= 4 is 40.2 Å². The molecule has 0 aliphatic heterocycles. The predicted molar refractivity (Wildman–Crippen MR) is 100 cm³/mol. The Bertz CT molecular complexity index is 890. The molecule has 128 valence electrons. The van der Waals surface area contributed by atoms with Gasteiger partial charge in [0.15, 0.2) is 0 Å². The number of benzene rings is 2. The number of carbonyl (C=O) groups is 2. The van der Waals surface area contributed by atoms with Crippen molar-refractivity contribution in [1.29, 1.82) is 0 Å². The molecule has 2 N–H and O–H groups in total. The number of hydrogen-bond acceptors (Lipinski definition) is 4. The van der Waals surface area contributed by atoms with E-state index in [1.807, 2.05) is 54.6 Å². The maximum Gasteiger partial charge on any atom is 0.356 e. The maximum atomic E-state index is 12.4. The van der Waals surface area contributed by atoms with E-state index >= 15 is 0 Å². The zero-order valence-electron chi connectivity index (χ0n) is 13.7. The van der Waals surface area contributed by atoms with Crippen LogP contribution in [0.1, 0.15) is 17.4 Å². The summed E-state index contributed by atoms with van der Waals surface area (Å²) in [7, 11) is 0. The smallest absolute Gasteiger partial charge is 0.356 e. The summed E-state index contributed by atoms with van der Waals surface area (Å²) in [4.78, 5) is 28.6. The van der Waals surface area contributed by atoms with Crippen LogP contribution in [0.3, 0.4) is 0 Å². The number of rotatable bonds is 6. The minimum absolute atomic E-state index is 0.177. The first-order valence-electron chi connectivity index (χ1n) is 7.94. The van der Waals surface area contributed by atoms with E-state index in [2.05, 4.69) is 10.3 Å². The Labute approximate surface area is 149 Å². The lowest BCUT2D eigenvalue weighted by atomic mass is 10.2. The minimum atomic E-state index is -0.482. The molecule has 3 aromatic rings. The molecule has 0 saturated heterocycles. The van der Waals surface area contributed by atoms with Crippen LogP contribution < -0.4 is 5.32 Å². The first-order valence-corrected chi connectivity index (χ1v) is 8.93. The van der Waals surface area contributed by atoms with Gasteiger partial charge in [0.2, 0.25) is 5.91 Å². The monoisotopic (exact) mass is 354 g/mol. The second-order valence-corrected chi connectivity index (χ2v) is 6.34. The lowest BCUT2D eigenvalue weighted by Crippen LogP contribution is -2.17. The van der Waals surface area contributed by atoms with Gasteiger partial charge in [-0.05, 0) is 25.1 Å². The topological polar surface area (TPSA) is 71.2 Å². The molecular weight excluding hydrogens is 336 g/mol. The van der Waals surface area contributed by atoms with Gasteiger partial charge >= 0.3 is 5.97 Å². The third-order valence-corrected chi connectivity index (χ3v) is 4.58. The summed E-state index contributed by atoms with van der Waals surface area (Å²) in [5.74, 6) is -0.403. The van der Waals surface area contributed by atoms with E-state index in [4.69, 9.17) is 4.74 Å². The predicted octanol–water partition coefficient (Wildman–Crippen LogP) is 4.08. The van der Waals surface area contributed by atoms with Crippen LogP contribution >= 0.6 is 11.8 Å². The Morgan fingerprint density at radius 2 is 1.80 bits per heavy atom. The zero-order valence-corrected chi connectivity index (χ0v) is 14.6. The van der Waals surface area contributed by atoms with Crippen LogP contribution in [0.4, 0.5) is 5.69 Å². The summed E-state index contributed by atoms with van der Waals surface area (Å²) >= 11 is 1.44. The second kappa shape index (κ2) is 7.90. The molecule has 0 aliphatic carbocycles. The zero-order chi connectivity index (χ0) is 17.6. The van der Waals surface area contributed by atoms with Gasteiger partial charge < -0.3 is 15.0 Å². The largest absolute Gasteiger partial charge is 0.461 e. The number of anilines is 1. The molecule has 6 heteroatoms. The Morgan fingerprint density at radius 3 is 2.56 bits per heavy atom. The number of ether oxygens (including phenoxy) is 1. The molecule has 3 rings (SSSR count). The SMILES string of the molecule is CCOC(=O)c1[nH]c2ccccc2c1NC(=O)CSc1ccccc1. The van der Waals surface area contributed by atoms with Crippen LogP contribution in [-0.4, -0.2) is 29.2 Å². The van der Waals surface area contributed by atoms with Crippen molar-refractivity contribution in [1.82, 2.24) is 4.98 Å². The summed E-state index contributed by atoms with van der Waals surface area (Å²) in [6.07, 6.45) is 0. The number of fused-ring (bicyclic) bond motifs is 1. The van der Waals surface area contributed by atoms with Crippen molar-refractivity contribution in [2.24, 2.45) is 0 Å². The molecular formula is C19H18N2O3S. The van der Waals surface area contributed by atoms with E-state index in [-0.39, 0.29) is 24.0 Å². The number of aromatic amines is 1. The molecule has 0 aliphatic rings. The average Bonchev–Trinajstić information content (AvgIpc) is 3.00. The molecule has 0 atom stereocenters. The second-order valence-electron chi connectivity index (χ2n) is 5.29. The molecule has 0 fully saturated rings. The summed E-state index contributed by atoms with van der Waals surface area (Å²) in [5, 5.41) is 3.63. The highest BCUT2D eigenvalue weighted by atomic mass is 32.2. The van der Waals surface area contributed by atoms with Gasteiger partial charge in [0.25, 0.3) is 0 Å². The normalized spacial score (nSPS) is 10.6. The average molecular weight is 354 g/mol. The standard InChI is InChI=1S/C19H18N2O3S/c1-2-24-19(23)18-17(14-10-6-7-11-15(14)20-18)21-16(22)12-25-13-8-4-3-5-9-13/h3-11,20H,2,12H2,1H3,(H,21,22). The maximum absolute atomic E-state index is 12.4. The van der Waals surface area contributed by atoms with Gasteiger partial charge in [-0.1, -0.05) is 36.4 Å². The molecule has 25 heavy (non-hydrogen) atoms. The van der Waals surface area contributed by atoms with E-state index in [1.54, 1.807) is 6.92 Å². The summed E-state index contributed by atoms with van der Waals surface area (Å²) < 4.78 is 5.08. The van der Waals surface area contributed by atoms with Crippen molar-refractivity contribution in [2.45, 2.75) is 11.8 Å². The molecule has 0 spiro atoms.